The van der Waals surface area contributed by atoms with Gasteiger partial charge in [0, 0.05) is 6.61 Å². The van der Waals surface area contributed by atoms with Gasteiger partial charge >= 0.3 is 18.2 Å². The molecule has 0 fully saturated rings. The van der Waals surface area contributed by atoms with E-state index in [0.717, 1.165) is 13.0 Å². The maximum atomic E-state index is 5.76. The molecule has 0 aromatic carbocycles. The molecule has 0 amide bonds. The molecular weight excluding hydrogens is 220 g/mol. The van der Waals surface area contributed by atoms with E-state index in [1.807, 2.05) is 0 Å². The molecule has 0 bridgehead atoms. The highest BCUT2D eigenvalue weighted by atomic mass is 79.9. The van der Waals surface area contributed by atoms with E-state index in [1.54, 1.807) is 0 Å². The van der Waals surface area contributed by atoms with Gasteiger partial charge in [0.1, 0.15) is 0 Å². The van der Waals surface area contributed by atoms with E-state index >= 15 is 0 Å². The molecule has 0 aliphatic rings. The summed E-state index contributed by atoms with van der Waals surface area (Å²) in [4.78, 5) is 0. The predicted octanol–water partition coefficient (Wildman–Crippen LogP) is 2.59. The van der Waals surface area contributed by atoms with Crippen LogP contribution in [0.25, 0.3) is 0 Å². The second kappa shape index (κ2) is 6.00. The van der Waals surface area contributed by atoms with Crippen LogP contribution in [0.5, 0.6) is 0 Å². The molecule has 0 heterocycles. The molecule has 0 rings (SSSR count). The van der Waals surface area contributed by atoms with Crippen molar-refractivity contribution in [2.75, 3.05) is 6.61 Å². The minimum absolute atomic E-state index is 0.0311. The fourth-order valence-corrected chi connectivity index (χ4v) is 12.4. The van der Waals surface area contributed by atoms with E-state index < -0.39 is 8.32 Å². The third-order valence-electron chi connectivity index (χ3n) is 1.39. The highest BCUT2D eigenvalue weighted by Crippen LogP contribution is 2.11. The monoisotopic (exact) mass is 234 g/mol. The molecule has 0 aliphatic carbocycles. The lowest BCUT2D eigenvalue weighted by molar-refractivity contribution is 0.310. The van der Waals surface area contributed by atoms with Crippen LogP contribution < -0.4 is 0 Å². The summed E-state index contributed by atoms with van der Waals surface area (Å²) in [5, 5.41) is 0. The summed E-state index contributed by atoms with van der Waals surface area (Å²) < 4.78 is 7.12. The van der Waals surface area contributed by atoms with E-state index in [0.29, 0.717) is 0 Å². The fourth-order valence-electron chi connectivity index (χ4n) is 0.678. The molecule has 0 aliphatic heterocycles. The van der Waals surface area contributed by atoms with Crippen molar-refractivity contribution in [3.63, 3.8) is 0 Å². The van der Waals surface area contributed by atoms with Gasteiger partial charge in [-0.15, -0.1) is 4.17 Å². The Morgan fingerprint density at radius 3 is 2.50 bits per heavy atom. The normalized spacial score (nSPS) is 11.2. The first-order valence-electron chi connectivity index (χ1n) is 3.82. The van der Waals surface area contributed by atoms with Gasteiger partial charge in [0.2, 0.25) is 0 Å². The molecule has 0 saturated heterocycles. The van der Waals surface area contributed by atoms with Crippen molar-refractivity contribution in [1.29, 1.82) is 0 Å². The average Bonchev–Trinajstić information content (AvgIpc) is 1.84. The quantitative estimate of drug-likeness (QED) is 0.666. The first-order chi connectivity index (χ1) is 4.62. The van der Waals surface area contributed by atoms with Gasteiger partial charge in [0.05, 0.1) is 0 Å². The Kier molecular flexibility index (Phi) is 6.85. The Balaban J connectivity index is 3.42. The molecule has 0 atom stereocenters. The summed E-state index contributed by atoms with van der Waals surface area (Å²) in [6, 6.07) is 0. The second-order valence-corrected chi connectivity index (χ2v) is 11.6. The van der Waals surface area contributed by atoms with Crippen LogP contribution in [0.3, 0.4) is 0 Å². The Bertz CT molecular complexity index is 89.8. The third-order valence-corrected chi connectivity index (χ3v) is 11.5. The maximum absolute atomic E-state index is 5.76. The van der Waals surface area contributed by atoms with Crippen LogP contribution >= 0.6 is 12.9 Å². The largest absolute Gasteiger partial charge is 0.468 e. The van der Waals surface area contributed by atoms with Gasteiger partial charge in [0.15, 0.2) is 8.32 Å². The minimum atomic E-state index is -1.21. The first-order valence-corrected chi connectivity index (χ1v) is 11.8. The highest BCUT2D eigenvalue weighted by molar-refractivity contribution is 9.23. The molecule has 0 spiro atoms. The van der Waals surface area contributed by atoms with Crippen LogP contribution in [0.2, 0.25) is 17.3 Å². The Labute approximate surface area is 80.6 Å². The lowest BCUT2D eigenvalue weighted by Crippen LogP contribution is -2.31. The van der Waals surface area contributed by atoms with E-state index in [2.05, 4.69) is 32.9 Å². The van der Waals surface area contributed by atoms with Gasteiger partial charge in [-0.1, -0.05) is 6.92 Å². The molecule has 10 heavy (non-hydrogen) atoms. The Hall–Kier alpha value is 1.42. The van der Waals surface area contributed by atoms with E-state index in [4.69, 9.17) is 4.43 Å². The van der Waals surface area contributed by atoms with Crippen LogP contribution in [0.4, 0.5) is 0 Å². The van der Waals surface area contributed by atoms with Crippen molar-refractivity contribution in [3.05, 3.63) is 0 Å². The van der Waals surface area contributed by atoms with Gasteiger partial charge in [-0.2, -0.15) is 0 Å². The fraction of sp³-hybridized carbons (Fsp3) is 1.00. The number of hydrogen-bond acceptors (Lipinski definition) is 1. The molecule has 1 nitrogen and oxygen atoms in total. The number of rotatable bonds is 5. The molecular formula is C6H15BrMgOSi. The van der Waals surface area contributed by atoms with Crippen LogP contribution in [0, 0.1) is 0 Å². The predicted molar refractivity (Wildman–Crippen MR) is 53.2 cm³/mol. The van der Waals surface area contributed by atoms with Gasteiger partial charge < -0.3 is 17.3 Å². The lowest BCUT2D eigenvalue weighted by atomic mass is 10.5. The lowest BCUT2D eigenvalue weighted by Gasteiger charge is -2.21. The molecule has 4 heteroatoms. The zero-order valence-corrected chi connectivity index (χ0v) is 11.1. The molecule has 0 saturated carbocycles. The van der Waals surface area contributed by atoms with Crippen molar-refractivity contribution in [3.8, 4) is 0 Å². The first kappa shape index (κ1) is 11.4. The molecule has 0 unspecified atom stereocenters. The SMILES string of the molecule is CCCO[Si](C)(C)[CH2][Mg][Br]. The van der Waals surface area contributed by atoms with Crippen molar-refractivity contribution in [2.24, 2.45) is 0 Å². The van der Waals surface area contributed by atoms with Crippen LogP contribution in [0.15, 0.2) is 0 Å². The summed E-state index contributed by atoms with van der Waals surface area (Å²) in [5.41, 5.74) is 0. The van der Waals surface area contributed by atoms with Crippen LogP contribution in [-0.4, -0.2) is 33.1 Å². The Morgan fingerprint density at radius 2 is 2.10 bits per heavy atom. The smallest absolute Gasteiger partial charge is 0.420 e. The van der Waals surface area contributed by atoms with E-state index in [-0.39, 0.29) is 18.2 Å². The average molecular weight is 235 g/mol. The topological polar surface area (TPSA) is 9.23 Å². The van der Waals surface area contributed by atoms with Gasteiger partial charge in [0.25, 0.3) is 0 Å². The van der Waals surface area contributed by atoms with Crippen molar-refractivity contribution in [2.45, 2.75) is 30.6 Å². The molecule has 0 aromatic rings. The van der Waals surface area contributed by atoms with Crippen LogP contribution in [0.1, 0.15) is 13.3 Å². The zero-order valence-electron chi connectivity index (χ0n) is 7.11. The van der Waals surface area contributed by atoms with Crippen molar-refractivity contribution in [1.82, 2.24) is 0 Å². The zero-order chi connectivity index (χ0) is 8.04. The Morgan fingerprint density at radius 1 is 1.50 bits per heavy atom. The highest BCUT2D eigenvalue weighted by Gasteiger charge is 2.20. The third kappa shape index (κ3) is 6.15. The van der Waals surface area contributed by atoms with E-state index in [1.165, 1.54) is 4.17 Å². The number of hydrogen-bond donors (Lipinski definition) is 0. The minimum Gasteiger partial charge on any atom is -0.420 e. The van der Waals surface area contributed by atoms with Crippen LogP contribution in [-0.2, 0) is 4.43 Å². The summed E-state index contributed by atoms with van der Waals surface area (Å²) in [6.45, 7) is 7.73. The summed E-state index contributed by atoms with van der Waals surface area (Å²) >= 11 is 3.60. The molecule has 0 radical (unpaired) electrons. The summed E-state index contributed by atoms with van der Waals surface area (Å²) in [5.74, 6) is 0. The second-order valence-electron chi connectivity index (χ2n) is 3.05. The van der Waals surface area contributed by atoms with E-state index in [9.17, 15) is 0 Å². The van der Waals surface area contributed by atoms with Gasteiger partial charge in [-0.25, -0.2) is 0 Å². The van der Waals surface area contributed by atoms with Crippen molar-refractivity contribution < 1.29 is 4.43 Å². The molecule has 58 valence electrons. The molecule has 0 N–H and O–H groups in total. The molecule has 0 aromatic heterocycles. The van der Waals surface area contributed by atoms with Crippen molar-refractivity contribution >= 4 is 39.4 Å². The van der Waals surface area contributed by atoms with Gasteiger partial charge in [-0.3, -0.25) is 0 Å². The summed E-state index contributed by atoms with van der Waals surface area (Å²) in [7, 11) is -1.21. The number of halogens is 1. The maximum Gasteiger partial charge on any atom is 0.468 e. The van der Waals surface area contributed by atoms with Gasteiger partial charge in [-0.05, 0) is 19.5 Å². The summed E-state index contributed by atoms with van der Waals surface area (Å²) in [6.07, 6.45) is 1.15. The standard InChI is InChI=1S/C6H15OSi.BrH.Mg/c1-5-6-7-8(2,3)4;;/h2,5-6H2,1,3-4H3;1H;/q;;+1/p-1.